The fourth-order valence-corrected chi connectivity index (χ4v) is 1.93. The van der Waals surface area contributed by atoms with Crippen LogP contribution in [0.25, 0.3) is 0 Å². The molecule has 0 bridgehead atoms. The van der Waals surface area contributed by atoms with Crippen molar-refractivity contribution in [3.63, 3.8) is 0 Å². The summed E-state index contributed by atoms with van der Waals surface area (Å²) in [6.45, 7) is 6.58. The van der Waals surface area contributed by atoms with Crippen LogP contribution in [-0.4, -0.2) is 23.4 Å². The topological polar surface area (TPSA) is 65.0 Å². The fraction of sp³-hybridized carbons (Fsp3) is 0.938. The number of carbonyl (C=O) groups is 1. The molecule has 0 amide bonds. The minimum atomic E-state index is -0.535. The highest BCUT2D eigenvalue weighted by atomic mass is 17.2. The van der Waals surface area contributed by atoms with Crippen molar-refractivity contribution in [1.82, 2.24) is 0 Å². The molecular weight excluding hydrogens is 272 g/mol. The molecule has 126 valence electrons. The van der Waals surface area contributed by atoms with Crippen LogP contribution in [0.5, 0.6) is 0 Å². The first-order valence-corrected chi connectivity index (χ1v) is 8.10. The highest BCUT2D eigenvalue weighted by Gasteiger charge is 2.10. The van der Waals surface area contributed by atoms with Gasteiger partial charge in [0.05, 0.1) is 12.2 Å². The SMILES string of the molecule is CC(C)(C)OOCCCCCCCCCCCC(=O)OO. The lowest BCUT2D eigenvalue weighted by molar-refractivity contribution is -0.348. The second-order valence-corrected chi connectivity index (χ2v) is 6.41. The monoisotopic (exact) mass is 304 g/mol. The van der Waals surface area contributed by atoms with Crippen LogP contribution < -0.4 is 0 Å². The molecule has 5 nitrogen and oxygen atoms in total. The zero-order valence-electron chi connectivity index (χ0n) is 13.9. The molecule has 0 spiro atoms. The fourth-order valence-electron chi connectivity index (χ4n) is 1.93. The lowest BCUT2D eigenvalue weighted by atomic mass is 10.1. The van der Waals surface area contributed by atoms with Gasteiger partial charge in [-0.05, 0) is 33.6 Å². The van der Waals surface area contributed by atoms with Gasteiger partial charge in [0, 0.05) is 6.42 Å². The molecule has 0 radical (unpaired) electrons. The van der Waals surface area contributed by atoms with E-state index in [0.29, 0.717) is 13.0 Å². The quantitative estimate of drug-likeness (QED) is 0.305. The molecule has 0 aliphatic rings. The molecule has 0 atom stereocenters. The standard InChI is InChI=1S/C16H32O5/c1-16(2,3)21-19-14-12-10-8-6-4-5-7-9-11-13-15(17)20-18/h18H,4-14H2,1-3H3. The van der Waals surface area contributed by atoms with Crippen LogP contribution in [0.15, 0.2) is 0 Å². The molecule has 0 aromatic rings. The van der Waals surface area contributed by atoms with Gasteiger partial charge in [-0.3, -0.25) is 0 Å². The largest absolute Gasteiger partial charge is 0.342 e. The molecule has 0 aliphatic carbocycles. The van der Waals surface area contributed by atoms with Crippen LogP contribution in [0, 0.1) is 0 Å². The van der Waals surface area contributed by atoms with Crippen molar-refractivity contribution in [2.75, 3.05) is 6.61 Å². The Hall–Kier alpha value is -0.650. The van der Waals surface area contributed by atoms with Gasteiger partial charge in [0.1, 0.15) is 0 Å². The first-order chi connectivity index (χ1) is 9.95. The average molecular weight is 304 g/mol. The number of rotatable bonds is 13. The smallest absolute Gasteiger partial charge is 0.301 e. The summed E-state index contributed by atoms with van der Waals surface area (Å²) in [6.07, 6.45) is 10.4. The van der Waals surface area contributed by atoms with Gasteiger partial charge in [-0.25, -0.2) is 14.6 Å². The molecule has 5 heteroatoms. The predicted molar refractivity (Wildman–Crippen MR) is 81.7 cm³/mol. The molecule has 0 saturated carbocycles. The van der Waals surface area contributed by atoms with Crippen LogP contribution in [0.4, 0.5) is 0 Å². The van der Waals surface area contributed by atoms with Crippen molar-refractivity contribution in [3.05, 3.63) is 0 Å². The van der Waals surface area contributed by atoms with E-state index in [-0.39, 0.29) is 5.60 Å². The summed E-state index contributed by atoms with van der Waals surface area (Å²) in [5.74, 6) is -0.535. The van der Waals surface area contributed by atoms with Gasteiger partial charge in [0.15, 0.2) is 0 Å². The van der Waals surface area contributed by atoms with Crippen LogP contribution in [0.2, 0.25) is 0 Å². The second kappa shape index (κ2) is 13.0. The van der Waals surface area contributed by atoms with Crippen molar-refractivity contribution in [1.29, 1.82) is 0 Å². The Morgan fingerprint density at radius 3 is 1.81 bits per heavy atom. The Kier molecular flexibility index (Phi) is 12.6. The van der Waals surface area contributed by atoms with Gasteiger partial charge in [-0.1, -0.05) is 44.9 Å². The minimum absolute atomic E-state index is 0.228. The third-order valence-electron chi connectivity index (χ3n) is 3.02. The van der Waals surface area contributed by atoms with Gasteiger partial charge >= 0.3 is 5.97 Å². The van der Waals surface area contributed by atoms with Crippen LogP contribution >= 0.6 is 0 Å². The Morgan fingerprint density at radius 2 is 1.33 bits per heavy atom. The molecule has 1 N–H and O–H groups in total. The normalized spacial score (nSPS) is 11.6. The summed E-state index contributed by atoms with van der Waals surface area (Å²) in [5.41, 5.74) is -0.228. The van der Waals surface area contributed by atoms with E-state index in [1.54, 1.807) is 0 Å². The van der Waals surface area contributed by atoms with E-state index >= 15 is 0 Å². The van der Waals surface area contributed by atoms with Crippen molar-refractivity contribution in [2.45, 2.75) is 90.6 Å². The summed E-state index contributed by atoms with van der Waals surface area (Å²) in [7, 11) is 0. The number of carbonyl (C=O) groups excluding carboxylic acids is 1. The summed E-state index contributed by atoms with van der Waals surface area (Å²) in [5, 5.41) is 8.09. The van der Waals surface area contributed by atoms with Gasteiger partial charge in [0.25, 0.3) is 0 Å². The van der Waals surface area contributed by atoms with E-state index in [1.807, 2.05) is 20.8 Å². The maximum atomic E-state index is 10.7. The third kappa shape index (κ3) is 17.3. The minimum Gasteiger partial charge on any atom is -0.301 e. The molecule has 21 heavy (non-hydrogen) atoms. The maximum Gasteiger partial charge on any atom is 0.342 e. The van der Waals surface area contributed by atoms with E-state index in [1.165, 1.54) is 32.1 Å². The number of unbranched alkanes of at least 4 members (excludes halogenated alkanes) is 8. The van der Waals surface area contributed by atoms with Crippen molar-refractivity contribution < 1.29 is 24.7 Å². The first-order valence-electron chi connectivity index (χ1n) is 8.10. The molecular formula is C16H32O5. The summed E-state index contributed by atoms with van der Waals surface area (Å²) in [6, 6.07) is 0. The van der Waals surface area contributed by atoms with Gasteiger partial charge in [0.2, 0.25) is 0 Å². The van der Waals surface area contributed by atoms with Crippen LogP contribution in [0.3, 0.4) is 0 Å². The van der Waals surface area contributed by atoms with E-state index in [2.05, 4.69) is 4.89 Å². The van der Waals surface area contributed by atoms with Gasteiger partial charge in [-0.15, -0.1) is 0 Å². The maximum absolute atomic E-state index is 10.7. The Bertz CT molecular complexity index is 248. The highest BCUT2D eigenvalue weighted by Crippen LogP contribution is 2.12. The Morgan fingerprint density at radius 1 is 0.857 bits per heavy atom. The molecule has 0 rings (SSSR count). The second-order valence-electron chi connectivity index (χ2n) is 6.41. The Balaban J connectivity index is 3.08. The molecule has 0 aliphatic heterocycles. The molecule has 0 saturated heterocycles. The van der Waals surface area contributed by atoms with Crippen molar-refractivity contribution >= 4 is 5.97 Å². The van der Waals surface area contributed by atoms with Crippen LogP contribution in [-0.2, 0) is 19.5 Å². The van der Waals surface area contributed by atoms with E-state index in [9.17, 15) is 4.79 Å². The van der Waals surface area contributed by atoms with Crippen molar-refractivity contribution in [3.8, 4) is 0 Å². The highest BCUT2D eigenvalue weighted by molar-refractivity contribution is 5.68. The van der Waals surface area contributed by atoms with Crippen molar-refractivity contribution in [2.24, 2.45) is 0 Å². The zero-order valence-corrected chi connectivity index (χ0v) is 13.9. The average Bonchev–Trinajstić information content (AvgIpc) is 2.42. The first kappa shape index (κ1) is 20.3. The summed E-state index contributed by atoms with van der Waals surface area (Å²) < 4.78 is 0. The molecule has 0 unspecified atom stereocenters. The van der Waals surface area contributed by atoms with E-state index in [4.69, 9.17) is 15.0 Å². The van der Waals surface area contributed by atoms with Gasteiger partial charge in [-0.2, -0.15) is 5.26 Å². The van der Waals surface area contributed by atoms with Crippen LogP contribution in [0.1, 0.15) is 85.0 Å². The molecule has 0 fully saturated rings. The number of hydrogen-bond acceptors (Lipinski definition) is 5. The Labute approximate surface area is 128 Å². The molecule has 0 aromatic carbocycles. The third-order valence-corrected chi connectivity index (χ3v) is 3.02. The van der Waals surface area contributed by atoms with E-state index < -0.39 is 5.97 Å². The molecule has 0 heterocycles. The van der Waals surface area contributed by atoms with E-state index in [0.717, 1.165) is 25.7 Å². The summed E-state index contributed by atoms with van der Waals surface area (Å²) >= 11 is 0. The number of hydrogen-bond donors (Lipinski definition) is 1. The lowest BCUT2D eigenvalue weighted by Gasteiger charge is -2.17. The summed E-state index contributed by atoms with van der Waals surface area (Å²) in [4.78, 5) is 24.6. The van der Waals surface area contributed by atoms with Gasteiger partial charge < -0.3 is 4.89 Å². The lowest BCUT2D eigenvalue weighted by Crippen LogP contribution is -2.19. The molecule has 0 aromatic heterocycles. The predicted octanol–water partition coefficient (Wildman–Crippen LogP) is 4.65. The zero-order chi connectivity index (χ0) is 16.0.